The van der Waals surface area contributed by atoms with E-state index in [0.717, 1.165) is 5.56 Å². The highest BCUT2D eigenvalue weighted by molar-refractivity contribution is 5.91. The predicted molar refractivity (Wildman–Crippen MR) is 70.8 cm³/mol. The Morgan fingerprint density at radius 2 is 2.16 bits per heavy atom. The van der Waals surface area contributed by atoms with E-state index in [2.05, 4.69) is 5.32 Å². The summed E-state index contributed by atoms with van der Waals surface area (Å²) in [5.74, 6) is -0.167. The van der Waals surface area contributed by atoms with Gasteiger partial charge in [-0.1, -0.05) is 12.1 Å². The van der Waals surface area contributed by atoms with Crippen LogP contribution in [0.25, 0.3) is 0 Å². The lowest BCUT2D eigenvalue weighted by molar-refractivity contribution is -0.121. The zero-order valence-corrected chi connectivity index (χ0v) is 11.2. The van der Waals surface area contributed by atoms with Gasteiger partial charge in [0.2, 0.25) is 5.91 Å². The quantitative estimate of drug-likeness (QED) is 0.885. The summed E-state index contributed by atoms with van der Waals surface area (Å²) in [6.07, 6.45) is -0.291. The summed E-state index contributed by atoms with van der Waals surface area (Å²) >= 11 is 0. The minimum atomic E-state index is -0.330. The van der Waals surface area contributed by atoms with Crippen molar-refractivity contribution in [1.29, 1.82) is 0 Å². The molecule has 1 aromatic rings. The number of anilines is 1. The third kappa shape index (κ3) is 4.31. The monoisotopic (exact) mass is 265 g/mol. The Bertz CT molecular complexity index is 427. The van der Waals surface area contributed by atoms with Crippen molar-refractivity contribution in [1.82, 2.24) is 0 Å². The minimum absolute atomic E-state index is 0.0392. The van der Waals surface area contributed by atoms with Crippen LogP contribution >= 0.6 is 0 Å². The molecule has 1 aromatic carbocycles. The van der Waals surface area contributed by atoms with Gasteiger partial charge in [0.15, 0.2) is 6.29 Å². The second-order valence-electron chi connectivity index (χ2n) is 4.61. The summed E-state index contributed by atoms with van der Waals surface area (Å²) in [5.41, 5.74) is 1.62. The predicted octanol–water partition coefficient (Wildman–Crippen LogP) is 2.10. The summed E-state index contributed by atoms with van der Waals surface area (Å²) in [4.78, 5) is 11.7. The molecule has 104 valence electrons. The molecule has 1 fully saturated rings. The van der Waals surface area contributed by atoms with Crippen LogP contribution in [0.1, 0.15) is 25.7 Å². The molecule has 19 heavy (non-hydrogen) atoms. The van der Waals surface area contributed by atoms with Gasteiger partial charge in [0.25, 0.3) is 0 Å². The minimum Gasteiger partial charge on any atom is -0.369 e. The first-order valence-electron chi connectivity index (χ1n) is 6.40. The van der Waals surface area contributed by atoms with E-state index in [-0.39, 0.29) is 24.9 Å². The number of ether oxygens (including phenoxy) is 3. The summed E-state index contributed by atoms with van der Waals surface area (Å²) in [6, 6.07) is 7.45. The van der Waals surface area contributed by atoms with Crippen molar-refractivity contribution < 1.29 is 19.0 Å². The fraction of sp³-hybridized carbons (Fsp3) is 0.500. The Morgan fingerprint density at radius 1 is 1.42 bits per heavy atom. The third-order valence-corrected chi connectivity index (χ3v) is 2.61. The van der Waals surface area contributed by atoms with E-state index in [9.17, 15) is 4.79 Å². The van der Waals surface area contributed by atoms with Crippen LogP contribution in [0.3, 0.4) is 0 Å². The second-order valence-corrected chi connectivity index (χ2v) is 4.61. The Morgan fingerprint density at radius 3 is 2.84 bits per heavy atom. The Balaban J connectivity index is 1.93. The molecule has 1 N–H and O–H groups in total. The Labute approximate surface area is 112 Å². The molecule has 0 radical (unpaired) electrons. The van der Waals surface area contributed by atoms with Crippen molar-refractivity contribution in [2.45, 2.75) is 26.2 Å². The SMILES string of the molecule is CC(C)OCC(=O)Nc1cccc(C2OCCO2)c1. The van der Waals surface area contributed by atoms with Gasteiger partial charge in [0.1, 0.15) is 6.61 Å². The summed E-state index contributed by atoms with van der Waals surface area (Å²) in [7, 11) is 0. The maximum atomic E-state index is 11.7. The number of hydrogen-bond donors (Lipinski definition) is 1. The molecule has 0 saturated carbocycles. The molecule has 1 aliphatic heterocycles. The number of carbonyl (C=O) groups excluding carboxylic acids is 1. The van der Waals surface area contributed by atoms with Crippen LogP contribution in [0.15, 0.2) is 24.3 Å². The van der Waals surface area contributed by atoms with E-state index in [0.29, 0.717) is 18.9 Å². The number of benzene rings is 1. The Hall–Kier alpha value is -1.43. The van der Waals surface area contributed by atoms with Crippen molar-refractivity contribution in [2.24, 2.45) is 0 Å². The largest absolute Gasteiger partial charge is 0.369 e. The zero-order valence-electron chi connectivity index (χ0n) is 11.2. The smallest absolute Gasteiger partial charge is 0.250 e. The van der Waals surface area contributed by atoms with Gasteiger partial charge in [-0.05, 0) is 26.0 Å². The maximum absolute atomic E-state index is 11.7. The van der Waals surface area contributed by atoms with Gasteiger partial charge in [-0.2, -0.15) is 0 Å². The standard InChI is InChI=1S/C14H19NO4/c1-10(2)19-9-13(16)15-12-5-3-4-11(8-12)14-17-6-7-18-14/h3-5,8,10,14H,6-7,9H2,1-2H3,(H,15,16). The molecule has 2 rings (SSSR count). The van der Waals surface area contributed by atoms with E-state index in [1.165, 1.54) is 0 Å². The molecular formula is C14H19NO4. The molecule has 5 nitrogen and oxygen atoms in total. The number of hydrogen-bond acceptors (Lipinski definition) is 4. The average Bonchev–Trinajstić information content (AvgIpc) is 2.90. The van der Waals surface area contributed by atoms with Gasteiger partial charge in [-0.25, -0.2) is 0 Å². The van der Waals surface area contributed by atoms with Crippen molar-refractivity contribution in [3.63, 3.8) is 0 Å². The summed E-state index contributed by atoms with van der Waals surface area (Å²) in [5, 5.41) is 2.79. The molecule has 0 atom stereocenters. The highest BCUT2D eigenvalue weighted by atomic mass is 16.7. The van der Waals surface area contributed by atoms with Crippen molar-refractivity contribution in [2.75, 3.05) is 25.1 Å². The van der Waals surface area contributed by atoms with Crippen molar-refractivity contribution >= 4 is 11.6 Å². The Kier molecular flexibility index (Phi) is 4.90. The molecule has 1 heterocycles. The lowest BCUT2D eigenvalue weighted by atomic mass is 10.2. The van der Waals surface area contributed by atoms with E-state index in [1.807, 2.05) is 38.1 Å². The van der Waals surface area contributed by atoms with Crippen LogP contribution in [0.4, 0.5) is 5.69 Å². The lowest BCUT2D eigenvalue weighted by Crippen LogP contribution is -2.20. The molecular weight excluding hydrogens is 246 g/mol. The van der Waals surface area contributed by atoms with Gasteiger partial charge in [0.05, 0.1) is 19.3 Å². The highest BCUT2D eigenvalue weighted by Crippen LogP contribution is 2.25. The van der Waals surface area contributed by atoms with Crippen LogP contribution in [0, 0.1) is 0 Å². The molecule has 1 saturated heterocycles. The van der Waals surface area contributed by atoms with Crippen LogP contribution < -0.4 is 5.32 Å². The van der Waals surface area contributed by atoms with Crippen LogP contribution in [-0.2, 0) is 19.0 Å². The van der Waals surface area contributed by atoms with Gasteiger partial charge in [0, 0.05) is 11.3 Å². The molecule has 0 aliphatic carbocycles. The first-order chi connectivity index (χ1) is 9.15. The first-order valence-corrected chi connectivity index (χ1v) is 6.40. The van der Waals surface area contributed by atoms with Gasteiger partial charge >= 0.3 is 0 Å². The highest BCUT2D eigenvalue weighted by Gasteiger charge is 2.18. The van der Waals surface area contributed by atoms with Crippen molar-refractivity contribution in [3.05, 3.63) is 29.8 Å². The molecule has 1 amide bonds. The number of amides is 1. The molecule has 0 spiro atoms. The van der Waals surface area contributed by atoms with E-state index in [4.69, 9.17) is 14.2 Å². The number of carbonyl (C=O) groups is 1. The second kappa shape index (κ2) is 6.65. The van der Waals surface area contributed by atoms with Crippen LogP contribution in [0.5, 0.6) is 0 Å². The maximum Gasteiger partial charge on any atom is 0.250 e. The van der Waals surface area contributed by atoms with E-state index < -0.39 is 0 Å². The lowest BCUT2D eigenvalue weighted by Gasteiger charge is -2.12. The van der Waals surface area contributed by atoms with Crippen molar-refractivity contribution in [3.8, 4) is 0 Å². The third-order valence-electron chi connectivity index (χ3n) is 2.61. The van der Waals surface area contributed by atoms with E-state index >= 15 is 0 Å². The fourth-order valence-corrected chi connectivity index (χ4v) is 1.75. The molecule has 0 aromatic heterocycles. The number of rotatable bonds is 5. The molecule has 5 heteroatoms. The van der Waals surface area contributed by atoms with Gasteiger partial charge < -0.3 is 19.5 Å². The molecule has 0 unspecified atom stereocenters. The average molecular weight is 265 g/mol. The summed E-state index contributed by atoms with van der Waals surface area (Å²) in [6.45, 7) is 5.04. The van der Waals surface area contributed by atoms with Crippen LogP contribution in [-0.4, -0.2) is 31.8 Å². The number of nitrogens with one attached hydrogen (secondary N) is 1. The topological polar surface area (TPSA) is 56.8 Å². The fourth-order valence-electron chi connectivity index (χ4n) is 1.75. The molecule has 0 bridgehead atoms. The van der Waals surface area contributed by atoms with Gasteiger partial charge in [-0.15, -0.1) is 0 Å². The van der Waals surface area contributed by atoms with E-state index in [1.54, 1.807) is 0 Å². The van der Waals surface area contributed by atoms with Crippen LogP contribution in [0.2, 0.25) is 0 Å². The normalized spacial score (nSPS) is 15.9. The zero-order chi connectivity index (χ0) is 13.7. The summed E-state index contributed by atoms with van der Waals surface area (Å²) < 4.78 is 16.1. The molecule has 1 aliphatic rings. The van der Waals surface area contributed by atoms with Gasteiger partial charge in [-0.3, -0.25) is 4.79 Å². The first kappa shape index (κ1) is 14.0.